The normalized spacial score (nSPS) is 11.8. The van der Waals surface area contributed by atoms with Gasteiger partial charge in [0.05, 0.1) is 9.79 Å². The molecular formula is C16H16N6O4S2. The van der Waals surface area contributed by atoms with Gasteiger partial charge in [0, 0.05) is 0 Å². The summed E-state index contributed by atoms with van der Waals surface area (Å²) in [6.07, 6.45) is 0. The van der Waals surface area contributed by atoms with Crippen molar-refractivity contribution < 1.29 is 16.8 Å². The van der Waals surface area contributed by atoms with Gasteiger partial charge < -0.3 is 0 Å². The van der Waals surface area contributed by atoms with Crippen LogP contribution < -0.4 is 9.44 Å². The zero-order chi connectivity index (χ0) is 20.4. The predicted molar refractivity (Wildman–Crippen MR) is 102 cm³/mol. The third-order valence-corrected chi connectivity index (χ3v) is 6.28. The standard InChI is InChI=1S/C16H16N6O4S2/c1-11-3-7-13(8-4-11)27(23,24)21-15-17-19-16(20-18-15)22-28(25,26)14-9-5-12(2)6-10-14/h3-10H,1-2H3,(H,17,18,21)(H,19,20,22). The first kappa shape index (κ1) is 19.6. The van der Waals surface area contributed by atoms with Gasteiger partial charge in [0.15, 0.2) is 0 Å². The van der Waals surface area contributed by atoms with Gasteiger partial charge in [0.2, 0.25) is 0 Å². The Balaban J connectivity index is 1.74. The van der Waals surface area contributed by atoms with Crippen molar-refractivity contribution in [3.8, 4) is 0 Å². The average molecular weight is 420 g/mol. The molecule has 0 fully saturated rings. The first-order chi connectivity index (χ1) is 13.2. The highest BCUT2D eigenvalue weighted by Gasteiger charge is 2.18. The van der Waals surface area contributed by atoms with Gasteiger partial charge in [-0.2, -0.15) is 0 Å². The summed E-state index contributed by atoms with van der Waals surface area (Å²) in [5, 5.41) is 14.2. The number of aryl methyl sites for hydroxylation is 2. The van der Waals surface area contributed by atoms with E-state index in [2.05, 4.69) is 29.8 Å². The number of aromatic nitrogens is 4. The smallest absolute Gasteiger partial charge is 0.245 e. The van der Waals surface area contributed by atoms with Crippen molar-refractivity contribution in [3.05, 3.63) is 59.7 Å². The first-order valence-corrected chi connectivity index (χ1v) is 10.9. The minimum absolute atomic E-state index is 0.0193. The molecule has 2 aromatic carbocycles. The zero-order valence-corrected chi connectivity index (χ0v) is 16.5. The molecule has 0 amide bonds. The third kappa shape index (κ3) is 4.58. The molecule has 146 valence electrons. The fourth-order valence-electron chi connectivity index (χ4n) is 2.10. The molecule has 2 N–H and O–H groups in total. The van der Waals surface area contributed by atoms with Crippen LogP contribution in [0.1, 0.15) is 11.1 Å². The van der Waals surface area contributed by atoms with Crippen LogP contribution in [-0.2, 0) is 20.0 Å². The quantitative estimate of drug-likeness (QED) is 0.610. The Morgan fingerprint density at radius 3 is 1.14 bits per heavy atom. The summed E-state index contributed by atoms with van der Waals surface area (Å²) >= 11 is 0. The molecule has 0 saturated carbocycles. The maximum atomic E-state index is 12.3. The summed E-state index contributed by atoms with van der Waals surface area (Å²) in [7, 11) is -7.84. The maximum absolute atomic E-state index is 12.3. The second-order valence-electron chi connectivity index (χ2n) is 5.88. The van der Waals surface area contributed by atoms with Gasteiger partial charge in [-0.05, 0) is 38.1 Å². The summed E-state index contributed by atoms with van der Waals surface area (Å²) in [6, 6.07) is 12.3. The number of rotatable bonds is 6. The summed E-state index contributed by atoms with van der Waals surface area (Å²) in [4.78, 5) is 0.0386. The van der Waals surface area contributed by atoms with Crippen molar-refractivity contribution >= 4 is 31.9 Å². The minimum Gasteiger partial charge on any atom is -0.245 e. The van der Waals surface area contributed by atoms with E-state index in [1.807, 2.05) is 13.8 Å². The highest BCUT2D eigenvalue weighted by molar-refractivity contribution is 7.93. The van der Waals surface area contributed by atoms with Crippen molar-refractivity contribution in [2.24, 2.45) is 0 Å². The van der Waals surface area contributed by atoms with Crippen molar-refractivity contribution in [3.63, 3.8) is 0 Å². The molecule has 0 bridgehead atoms. The van der Waals surface area contributed by atoms with Crippen LogP contribution in [0.4, 0.5) is 11.9 Å². The Kier molecular flexibility index (Phi) is 5.25. The molecule has 0 atom stereocenters. The molecule has 0 spiro atoms. The topological polar surface area (TPSA) is 144 Å². The molecule has 3 rings (SSSR count). The van der Waals surface area contributed by atoms with E-state index < -0.39 is 20.0 Å². The molecule has 1 heterocycles. The van der Waals surface area contributed by atoms with Gasteiger partial charge in [-0.1, -0.05) is 35.4 Å². The van der Waals surface area contributed by atoms with Gasteiger partial charge >= 0.3 is 0 Å². The Morgan fingerprint density at radius 1 is 0.571 bits per heavy atom. The molecule has 12 heteroatoms. The number of benzene rings is 2. The number of anilines is 2. The fourth-order valence-corrected chi connectivity index (χ4v) is 3.97. The number of nitrogens with zero attached hydrogens (tertiary/aromatic N) is 4. The van der Waals surface area contributed by atoms with E-state index in [0.717, 1.165) is 11.1 Å². The van der Waals surface area contributed by atoms with Crippen molar-refractivity contribution in [2.45, 2.75) is 23.6 Å². The lowest BCUT2D eigenvalue weighted by Gasteiger charge is -2.07. The monoisotopic (exact) mass is 420 g/mol. The van der Waals surface area contributed by atoms with Crippen molar-refractivity contribution in [2.75, 3.05) is 9.44 Å². The Hall–Kier alpha value is -3.12. The Labute approximate surface area is 162 Å². The summed E-state index contributed by atoms with van der Waals surface area (Å²) in [5.74, 6) is -0.780. The van der Waals surface area contributed by atoms with E-state index in [4.69, 9.17) is 0 Å². The number of hydrogen-bond donors (Lipinski definition) is 2. The number of hydrogen-bond acceptors (Lipinski definition) is 8. The molecule has 0 aliphatic rings. The molecule has 0 unspecified atom stereocenters. The lowest BCUT2D eigenvalue weighted by atomic mass is 10.2. The maximum Gasteiger partial charge on any atom is 0.276 e. The van der Waals surface area contributed by atoms with Crippen LogP contribution in [0.15, 0.2) is 58.3 Å². The molecular weight excluding hydrogens is 404 g/mol. The minimum atomic E-state index is -3.92. The van der Waals surface area contributed by atoms with Gasteiger partial charge in [0.25, 0.3) is 31.9 Å². The van der Waals surface area contributed by atoms with E-state index in [9.17, 15) is 16.8 Å². The molecule has 0 saturated heterocycles. The Morgan fingerprint density at radius 2 is 0.857 bits per heavy atom. The van der Waals surface area contributed by atoms with Gasteiger partial charge in [-0.15, -0.1) is 20.4 Å². The highest BCUT2D eigenvalue weighted by Crippen LogP contribution is 2.15. The lowest BCUT2D eigenvalue weighted by molar-refractivity contribution is 0.597. The van der Waals surface area contributed by atoms with E-state index in [1.54, 1.807) is 24.3 Å². The van der Waals surface area contributed by atoms with Crippen molar-refractivity contribution in [1.29, 1.82) is 0 Å². The van der Waals surface area contributed by atoms with E-state index >= 15 is 0 Å². The highest BCUT2D eigenvalue weighted by atomic mass is 32.2. The number of nitrogens with one attached hydrogen (secondary N) is 2. The molecule has 1 aromatic heterocycles. The SMILES string of the molecule is Cc1ccc(S(=O)(=O)Nc2nnc(NS(=O)(=O)c3ccc(C)cc3)nn2)cc1. The van der Waals surface area contributed by atoms with E-state index in [0.29, 0.717) is 0 Å². The zero-order valence-electron chi connectivity index (χ0n) is 14.9. The molecule has 28 heavy (non-hydrogen) atoms. The van der Waals surface area contributed by atoms with Crippen LogP contribution in [0.5, 0.6) is 0 Å². The van der Waals surface area contributed by atoms with Crippen molar-refractivity contribution in [1.82, 2.24) is 20.4 Å². The van der Waals surface area contributed by atoms with E-state index in [1.165, 1.54) is 24.3 Å². The summed E-state index contributed by atoms with van der Waals surface area (Å²) < 4.78 is 53.4. The molecule has 0 radical (unpaired) electrons. The van der Waals surface area contributed by atoms with Crippen LogP contribution in [0.25, 0.3) is 0 Å². The van der Waals surface area contributed by atoms with E-state index in [-0.39, 0.29) is 21.7 Å². The lowest BCUT2D eigenvalue weighted by Crippen LogP contribution is -2.19. The molecule has 3 aromatic rings. The summed E-state index contributed by atoms with van der Waals surface area (Å²) in [6.45, 7) is 3.66. The van der Waals surface area contributed by atoms with Crippen LogP contribution in [0.2, 0.25) is 0 Å². The largest absolute Gasteiger partial charge is 0.276 e. The van der Waals surface area contributed by atoms with Crippen LogP contribution in [-0.4, -0.2) is 37.2 Å². The van der Waals surface area contributed by atoms with Crippen LogP contribution >= 0.6 is 0 Å². The predicted octanol–water partition coefficient (Wildman–Crippen LogP) is 1.49. The average Bonchev–Trinajstić information content (AvgIpc) is 2.64. The van der Waals surface area contributed by atoms with Gasteiger partial charge in [0.1, 0.15) is 0 Å². The molecule has 0 aliphatic carbocycles. The molecule has 10 nitrogen and oxygen atoms in total. The first-order valence-electron chi connectivity index (χ1n) is 7.92. The number of sulfonamides is 2. The van der Waals surface area contributed by atoms with Crippen LogP contribution in [0, 0.1) is 13.8 Å². The third-order valence-electron chi connectivity index (χ3n) is 3.59. The Bertz CT molecular complexity index is 1080. The van der Waals surface area contributed by atoms with Gasteiger partial charge in [-0.3, -0.25) is 0 Å². The molecule has 0 aliphatic heterocycles. The van der Waals surface area contributed by atoms with Gasteiger partial charge in [-0.25, -0.2) is 26.3 Å². The fraction of sp³-hybridized carbons (Fsp3) is 0.125. The summed E-state index contributed by atoms with van der Waals surface area (Å²) in [5.41, 5.74) is 1.81. The second-order valence-corrected chi connectivity index (χ2v) is 9.25. The van der Waals surface area contributed by atoms with Crippen LogP contribution in [0.3, 0.4) is 0 Å². The second kappa shape index (κ2) is 7.48.